The molecule has 0 aliphatic carbocycles. The lowest BCUT2D eigenvalue weighted by Crippen LogP contribution is -2.07. The van der Waals surface area contributed by atoms with Crippen molar-refractivity contribution in [3.63, 3.8) is 0 Å². The van der Waals surface area contributed by atoms with Gasteiger partial charge in [0.25, 0.3) is 0 Å². The van der Waals surface area contributed by atoms with Crippen LogP contribution in [-0.2, 0) is 21.2 Å². The number of aromatic nitrogens is 1. The summed E-state index contributed by atoms with van der Waals surface area (Å²) >= 11 is 6.19. The average molecular weight is 406 g/mol. The Morgan fingerprint density at radius 1 is 1.15 bits per heavy atom. The summed E-state index contributed by atoms with van der Waals surface area (Å²) in [6.07, 6.45) is 1.08. The molecule has 140 valence electrons. The highest BCUT2D eigenvalue weighted by atomic mass is 35.5. The van der Waals surface area contributed by atoms with Crippen LogP contribution in [0.2, 0.25) is 5.15 Å². The van der Waals surface area contributed by atoms with E-state index >= 15 is 0 Å². The molecule has 8 heteroatoms. The molecular weight excluding hydrogens is 390 g/mol. The van der Waals surface area contributed by atoms with Crippen LogP contribution in [0.3, 0.4) is 0 Å². The van der Waals surface area contributed by atoms with Gasteiger partial charge in [-0.25, -0.2) is 18.2 Å². The fourth-order valence-corrected chi connectivity index (χ4v) is 3.34. The van der Waals surface area contributed by atoms with Crippen LogP contribution in [0.15, 0.2) is 53.4 Å². The van der Waals surface area contributed by atoms with Gasteiger partial charge in [-0.1, -0.05) is 17.7 Å². The topological polar surface area (TPSA) is 82.6 Å². The van der Waals surface area contributed by atoms with Crippen molar-refractivity contribution in [2.75, 3.05) is 13.4 Å². The maximum Gasteiger partial charge on any atom is 0.338 e. The molecule has 1 aromatic heterocycles. The van der Waals surface area contributed by atoms with E-state index in [9.17, 15) is 13.2 Å². The Bertz CT molecular complexity index is 1130. The number of hydrogen-bond acceptors (Lipinski definition) is 6. The number of rotatable bonds is 5. The fourth-order valence-electron chi connectivity index (χ4n) is 2.48. The van der Waals surface area contributed by atoms with Crippen LogP contribution in [0.25, 0.3) is 10.9 Å². The van der Waals surface area contributed by atoms with Gasteiger partial charge in [-0.15, -0.1) is 0 Å². The number of pyridine rings is 1. The summed E-state index contributed by atoms with van der Waals surface area (Å²) in [6, 6.07) is 12.9. The molecule has 27 heavy (non-hydrogen) atoms. The van der Waals surface area contributed by atoms with Crippen LogP contribution in [0.4, 0.5) is 0 Å². The first-order valence-electron chi connectivity index (χ1n) is 7.88. The van der Waals surface area contributed by atoms with Crippen molar-refractivity contribution in [1.29, 1.82) is 0 Å². The van der Waals surface area contributed by atoms with Gasteiger partial charge in [0.15, 0.2) is 9.84 Å². The maximum absolute atomic E-state index is 12.3. The third-order valence-corrected chi connectivity index (χ3v) is 5.35. The van der Waals surface area contributed by atoms with Crippen molar-refractivity contribution >= 4 is 38.3 Å². The molecule has 0 bridgehead atoms. The Morgan fingerprint density at radius 2 is 1.93 bits per heavy atom. The molecule has 0 aliphatic heterocycles. The van der Waals surface area contributed by atoms with Crippen molar-refractivity contribution in [3.05, 3.63) is 64.8 Å². The van der Waals surface area contributed by atoms with E-state index < -0.39 is 15.8 Å². The number of benzene rings is 2. The van der Waals surface area contributed by atoms with Gasteiger partial charge in [0, 0.05) is 23.3 Å². The first-order valence-corrected chi connectivity index (χ1v) is 10.2. The lowest BCUT2D eigenvalue weighted by Gasteiger charge is -2.09. The molecule has 1 heterocycles. The molecule has 0 amide bonds. The minimum Gasteiger partial charge on any atom is -0.497 e. The fraction of sp³-hybridized carbons (Fsp3) is 0.158. The maximum atomic E-state index is 12.3. The van der Waals surface area contributed by atoms with E-state index in [4.69, 9.17) is 21.1 Å². The Balaban J connectivity index is 1.80. The number of carbonyl (C=O) groups is 1. The molecule has 3 rings (SSSR count). The van der Waals surface area contributed by atoms with Gasteiger partial charge in [0.1, 0.15) is 17.5 Å². The number of fused-ring (bicyclic) bond motifs is 1. The zero-order valence-electron chi connectivity index (χ0n) is 14.6. The van der Waals surface area contributed by atoms with Crippen LogP contribution in [0.5, 0.6) is 5.75 Å². The molecule has 0 saturated carbocycles. The number of halogens is 1. The minimum absolute atomic E-state index is 0.0521. The van der Waals surface area contributed by atoms with Gasteiger partial charge in [-0.2, -0.15) is 0 Å². The predicted octanol–water partition coefficient (Wildman–Crippen LogP) is 3.66. The summed E-state index contributed by atoms with van der Waals surface area (Å²) in [7, 11) is -1.85. The zero-order valence-corrected chi connectivity index (χ0v) is 16.2. The van der Waals surface area contributed by atoms with Gasteiger partial charge >= 0.3 is 5.97 Å². The second-order valence-electron chi connectivity index (χ2n) is 5.87. The molecule has 0 saturated heterocycles. The molecule has 2 aromatic carbocycles. The number of methoxy groups -OCH3 is 1. The first kappa shape index (κ1) is 19.1. The summed E-state index contributed by atoms with van der Waals surface area (Å²) in [5.41, 5.74) is 1.35. The van der Waals surface area contributed by atoms with Gasteiger partial charge in [-0.05, 0) is 36.4 Å². The van der Waals surface area contributed by atoms with E-state index in [1.807, 2.05) is 6.07 Å². The lowest BCUT2D eigenvalue weighted by molar-refractivity contribution is 0.0472. The molecule has 0 aliphatic rings. The van der Waals surface area contributed by atoms with E-state index in [1.165, 1.54) is 24.3 Å². The van der Waals surface area contributed by atoms with E-state index in [1.54, 1.807) is 25.3 Å². The van der Waals surface area contributed by atoms with Crippen LogP contribution in [0, 0.1) is 0 Å². The third kappa shape index (κ3) is 4.37. The summed E-state index contributed by atoms with van der Waals surface area (Å²) in [6.45, 7) is -0.0876. The summed E-state index contributed by atoms with van der Waals surface area (Å²) < 4.78 is 33.7. The number of ether oxygens (including phenoxy) is 2. The summed E-state index contributed by atoms with van der Waals surface area (Å²) in [4.78, 5) is 16.6. The molecule has 6 nitrogen and oxygen atoms in total. The number of hydrogen-bond donors (Lipinski definition) is 0. The van der Waals surface area contributed by atoms with Crippen molar-refractivity contribution in [2.45, 2.75) is 11.5 Å². The lowest BCUT2D eigenvalue weighted by atomic mass is 10.1. The molecule has 3 aromatic rings. The van der Waals surface area contributed by atoms with Gasteiger partial charge in [0.05, 0.1) is 23.1 Å². The molecule has 0 atom stereocenters. The van der Waals surface area contributed by atoms with Crippen molar-refractivity contribution in [1.82, 2.24) is 4.98 Å². The van der Waals surface area contributed by atoms with Crippen LogP contribution < -0.4 is 4.74 Å². The Labute approximate surface area is 161 Å². The van der Waals surface area contributed by atoms with E-state index in [2.05, 4.69) is 4.98 Å². The van der Waals surface area contributed by atoms with Crippen molar-refractivity contribution < 1.29 is 22.7 Å². The monoisotopic (exact) mass is 405 g/mol. The SMILES string of the molecule is COc1ccc2cc(COC(=O)c3cccc(S(C)(=O)=O)c3)c(Cl)nc2c1. The minimum atomic E-state index is -3.41. The highest BCUT2D eigenvalue weighted by Crippen LogP contribution is 2.25. The highest BCUT2D eigenvalue weighted by Gasteiger charge is 2.14. The van der Waals surface area contributed by atoms with E-state index in [0.29, 0.717) is 16.8 Å². The second kappa shape index (κ2) is 7.54. The van der Waals surface area contributed by atoms with Gasteiger partial charge in [0.2, 0.25) is 0 Å². The Hall–Kier alpha value is -2.64. The number of esters is 1. The molecule has 0 N–H and O–H groups in total. The average Bonchev–Trinajstić information content (AvgIpc) is 2.65. The van der Waals surface area contributed by atoms with Gasteiger partial charge < -0.3 is 9.47 Å². The molecular formula is C19H16ClNO5S. The normalized spacial score (nSPS) is 11.4. The summed E-state index contributed by atoms with van der Waals surface area (Å²) in [5.74, 6) is 0.0161. The quantitative estimate of drug-likeness (QED) is 0.476. The Kier molecular flexibility index (Phi) is 5.34. The Morgan fingerprint density at radius 3 is 2.63 bits per heavy atom. The van der Waals surface area contributed by atoms with Gasteiger partial charge in [-0.3, -0.25) is 0 Å². The standard InChI is InChI=1S/C19H16ClNO5S/c1-25-15-7-6-12-8-14(18(20)21-17(12)10-15)11-26-19(22)13-4-3-5-16(9-13)27(2,23)24/h3-10H,11H2,1-2H3. The van der Waals surface area contributed by atoms with Crippen molar-refractivity contribution in [2.24, 2.45) is 0 Å². The van der Waals surface area contributed by atoms with Crippen LogP contribution in [-0.4, -0.2) is 32.7 Å². The molecule has 0 fully saturated rings. The number of carbonyl (C=O) groups excluding carboxylic acids is 1. The number of nitrogens with zero attached hydrogens (tertiary/aromatic N) is 1. The van der Waals surface area contributed by atoms with Crippen molar-refractivity contribution in [3.8, 4) is 5.75 Å². The molecule has 0 unspecified atom stereocenters. The van der Waals surface area contributed by atoms with E-state index in [0.717, 1.165) is 11.6 Å². The van der Waals surface area contributed by atoms with Crippen LogP contribution >= 0.6 is 11.6 Å². The molecule has 0 spiro atoms. The first-order chi connectivity index (χ1) is 12.8. The molecule has 0 radical (unpaired) electrons. The second-order valence-corrected chi connectivity index (χ2v) is 8.25. The van der Waals surface area contributed by atoms with E-state index in [-0.39, 0.29) is 22.2 Å². The zero-order chi connectivity index (χ0) is 19.6. The number of sulfone groups is 1. The van der Waals surface area contributed by atoms with Crippen LogP contribution in [0.1, 0.15) is 15.9 Å². The summed E-state index contributed by atoms with van der Waals surface area (Å²) in [5, 5.41) is 1.04. The predicted molar refractivity (Wildman–Crippen MR) is 102 cm³/mol. The largest absolute Gasteiger partial charge is 0.497 e. The third-order valence-electron chi connectivity index (χ3n) is 3.91. The smallest absolute Gasteiger partial charge is 0.338 e. The highest BCUT2D eigenvalue weighted by molar-refractivity contribution is 7.90.